The van der Waals surface area contributed by atoms with Crippen molar-refractivity contribution in [2.24, 2.45) is 5.92 Å². The van der Waals surface area contributed by atoms with Crippen LogP contribution in [0.5, 0.6) is 0 Å². The minimum absolute atomic E-state index is 0.117. The molecule has 1 rings (SSSR count). The fraction of sp³-hybridized carbons (Fsp3) is 0.500. The highest BCUT2D eigenvalue weighted by Crippen LogP contribution is 2.32. The Bertz CT molecular complexity index is 220. The lowest BCUT2D eigenvalue weighted by Crippen LogP contribution is -2.41. The van der Waals surface area contributed by atoms with Crippen molar-refractivity contribution >= 4 is 11.9 Å². The first kappa shape index (κ1) is 8.77. The number of rotatable bonds is 4. The number of carbonyl (C=O) groups is 2. The van der Waals surface area contributed by atoms with Crippen LogP contribution < -0.4 is 5.32 Å². The van der Waals surface area contributed by atoms with Crippen LogP contribution in [-0.2, 0) is 9.59 Å². The Kier molecular flexibility index (Phi) is 2.47. The predicted octanol–water partition coefficient (Wildman–Crippen LogP) is 0.152. The standard InChI is InChI=1S/C8H11NO3/c1-2-6(10)9-7(8(11)12)5-3-4-5/h2,5,7H,1,3-4H2,(H,9,10)(H,11,12). The lowest BCUT2D eigenvalue weighted by molar-refractivity contribution is -0.141. The molecule has 1 aliphatic rings. The van der Waals surface area contributed by atoms with Crippen molar-refractivity contribution < 1.29 is 14.7 Å². The lowest BCUT2D eigenvalue weighted by atomic mass is 10.2. The normalized spacial score (nSPS) is 18.0. The molecule has 0 heterocycles. The smallest absolute Gasteiger partial charge is 0.326 e. The van der Waals surface area contributed by atoms with E-state index in [9.17, 15) is 9.59 Å². The number of aliphatic carboxylic acids is 1. The molecule has 0 bridgehead atoms. The van der Waals surface area contributed by atoms with Crippen LogP contribution in [0.15, 0.2) is 12.7 Å². The van der Waals surface area contributed by atoms with Gasteiger partial charge in [-0.3, -0.25) is 4.79 Å². The zero-order chi connectivity index (χ0) is 9.14. The van der Waals surface area contributed by atoms with Crippen LogP contribution in [0, 0.1) is 5.92 Å². The van der Waals surface area contributed by atoms with Gasteiger partial charge >= 0.3 is 5.97 Å². The molecule has 0 radical (unpaired) electrons. The SMILES string of the molecule is C=CC(=O)NC(C(=O)O)C1CC1. The molecule has 0 aliphatic heterocycles. The van der Waals surface area contributed by atoms with Crippen molar-refractivity contribution in [1.29, 1.82) is 0 Å². The summed E-state index contributed by atoms with van der Waals surface area (Å²) in [4.78, 5) is 21.3. The molecule has 1 amide bonds. The molecule has 4 heteroatoms. The van der Waals surface area contributed by atoms with Gasteiger partial charge in [-0.05, 0) is 24.8 Å². The van der Waals surface area contributed by atoms with E-state index in [0.29, 0.717) is 0 Å². The van der Waals surface area contributed by atoms with Crippen LogP contribution in [0.1, 0.15) is 12.8 Å². The second-order valence-electron chi connectivity index (χ2n) is 2.87. The number of amides is 1. The third-order valence-electron chi connectivity index (χ3n) is 1.84. The fourth-order valence-corrected chi connectivity index (χ4v) is 1.02. The molecule has 0 spiro atoms. The minimum Gasteiger partial charge on any atom is -0.480 e. The molecule has 12 heavy (non-hydrogen) atoms. The maximum atomic E-state index is 10.8. The molecule has 1 unspecified atom stereocenters. The van der Waals surface area contributed by atoms with Crippen molar-refractivity contribution in [1.82, 2.24) is 5.32 Å². The molecule has 66 valence electrons. The zero-order valence-electron chi connectivity index (χ0n) is 6.62. The fourth-order valence-electron chi connectivity index (χ4n) is 1.02. The van der Waals surface area contributed by atoms with Crippen LogP contribution in [0.4, 0.5) is 0 Å². The van der Waals surface area contributed by atoms with Gasteiger partial charge in [0.25, 0.3) is 0 Å². The molecule has 0 saturated heterocycles. The molecule has 1 fully saturated rings. The Morgan fingerprint density at radius 1 is 1.58 bits per heavy atom. The number of hydrogen-bond donors (Lipinski definition) is 2. The van der Waals surface area contributed by atoms with E-state index in [1.54, 1.807) is 0 Å². The maximum Gasteiger partial charge on any atom is 0.326 e. The first-order valence-corrected chi connectivity index (χ1v) is 3.81. The van der Waals surface area contributed by atoms with E-state index in [-0.39, 0.29) is 5.92 Å². The Morgan fingerprint density at radius 3 is 2.50 bits per heavy atom. The topological polar surface area (TPSA) is 66.4 Å². The Hall–Kier alpha value is -1.32. The lowest BCUT2D eigenvalue weighted by Gasteiger charge is -2.10. The van der Waals surface area contributed by atoms with Gasteiger partial charge in [0.2, 0.25) is 5.91 Å². The van der Waals surface area contributed by atoms with Crippen LogP contribution in [0.3, 0.4) is 0 Å². The highest BCUT2D eigenvalue weighted by Gasteiger charge is 2.36. The van der Waals surface area contributed by atoms with Gasteiger partial charge in [-0.25, -0.2) is 4.79 Å². The third-order valence-corrected chi connectivity index (χ3v) is 1.84. The van der Waals surface area contributed by atoms with E-state index in [2.05, 4.69) is 11.9 Å². The van der Waals surface area contributed by atoms with E-state index in [0.717, 1.165) is 18.9 Å². The number of nitrogens with one attached hydrogen (secondary N) is 1. The summed E-state index contributed by atoms with van der Waals surface area (Å²) in [7, 11) is 0. The van der Waals surface area contributed by atoms with Crippen LogP contribution >= 0.6 is 0 Å². The van der Waals surface area contributed by atoms with E-state index in [4.69, 9.17) is 5.11 Å². The van der Waals surface area contributed by atoms with Crippen LogP contribution in [0.2, 0.25) is 0 Å². The monoisotopic (exact) mass is 169 g/mol. The second-order valence-corrected chi connectivity index (χ2v) is 2.87. The summed E-state index contributed by atoms with van der Waals surface area (Å²) in [6.07, 6.45) is 2.85. The molecule has 0 aromatic rings. The van der Waals surface area contributed by atoms with Gasteiger partial charge in [-0.1, -0.05) is 6.58 Å². The van der Waals surface area contributed by atoms with E-state index in [1.165, 1.54) is 0 Å². The first-order valence-electron chi connectivity index (χ1n) is 3.81. The summed E-state index contributed by atoms with van der Waals surface area (Å²) >= 11 is 0. The summed E-state index contributed by atoms with van der Waals surface area (Å²) in [6.45, 7) is 3.25. The molecule has 0 aromatic heterocycles. The van der Waals surface area contributed by atoms with Gasteiger partial charge in [0.1, 0.15) is 6.04 Å². The molecular weight excluding hydrogens is 158 g/mol. The zero-order valence-corrected chi connectivity index (χ0v) is 6.62. The molecule has 4 nitrogen and oxygen atoms in total. The average molecular weight is 169 g/mol. The van der Waals surface area contributed by atoms with Gasteiger partial charge in [-0.15, -0.1) is 0 Å². The maximum absolute atomic E-state index is 10.8. The number of carbonyl (C=O) groups excluding carboxylic acids is 1. The van der Waals surface area contributed by atoms with Crippen LogP contribution in [-0.4, -0.2) is 23.0 Å². The van der Waals surface area contributed by atoms with E-state index >= 15 is 0 Å². The van der Waals surface area contributed by atoms with E-state index in [1.807, 2.05) is 0 Å². The van der Waals surface area contributed by atoms with Crippen molar-refractivity contribution in [3.05, 3.63) is 12.7 Å². The van der Waals surface area contributed by atoms with Gasteiger partial charge in [-0.2, -0.15) is 0 Å². The average Bonchev–Trinajstić information content (AvgIpc) is 2.81. The first-order chi connectivity index (χ1) is 5.65. The van der Waals surface area contributed by atoms with E-state index < -0.39 is 17.9 Å². The van der Waals surface area contributed by atoms with Crippen LogP contribution in [0.25, 0.3) is 0 Å². The molecular formula is C8H11NO3. The Labute approximate surface area is 70.3 Å². The van der Waals surface area contributed by atoms with Crippen molar-refractivity contribution in [3.8, 4) is 0 Å². The highest BCUT2D eigenvalue weighted by atomic mass is 16.4. The largest absolute Gasteiger partial charge is 0.480 e. The Balaban J connectivity index is 2.48. The highest BCUT2D eigenvalue weighted by molar-refractivity contribution is 5.90. The summed E-state index contributed by atoms with van der Waals surface area (Å²) in [5, 5.41) is 11.1. The van der Waals surface area contributed by atoms with Gasteiger partial charge in [0.05, 0.1) is 0 Å². The Morgan fingerprint density at radius 2 is 2.17 bits per heavy atom. The van der Waals surface area contributed by atoms with Crippen molar-refractivity contribution in [2.75, 3.05) is 0 Å². The van der Waals surface area contributed by atoms with Gasteiger partial charge < -0.3 is 10.4 Å². The summed E-state index contributed by atoms with van der Waals surface area (Å²) in [5.74, 6) is -1.27. The molecule has 1 atom stereocenters. The van der Waals surface area contributed by atoms with Gasteiger partial charge in [0.15, 0.2) is 0 Å². The van der Waals surface area contributed by atoms with Crippen molar-refractivity contribution in [3.63, 3.8) is 0 Å². The van der Waals surface area contributed by atoms with Gasteiger partial charge in [0, 0.05) is 0 Å². The predicted molar refractivity (Wildman–Crippen MR) is 42.5 cm³/mol. The molecule has 1 saturated carbocycles. The third kappa shape index (κ3) is 2.08. The molecule has 0 aromatic carbocycles. The number of carboxylic acids is 1. The number of carboxylic acid groups (broad SMARTS) is 1. The summed E-state index contributed by atoms with van der Waals surface area (Å²) in [6, 6.07) is -0.726. The molecule has 2 N–H and O–H groups in total. The summed E-state index contributed by atoms with van der Waals surface area (Å²) in [5.41, 5.74) is 0. The van der Waals surface area contributed by atoms with Crippen molar-refractivity contribution in [2.45, 2.75) is 18.9 Å². The summed E-state index contributed by atoms with van der Waals surface area (Å²) < 4.78 is 0. The second kappa shape index (κ2) is 3.38. The molecule has 1 aliphatic carbocycles. The minimum atomic E-state index is -0.965. The number of hydrogen-bond acceptors (Lipinski definition) is 2. The quantitative estimate of drug-likeness (QED) is 0.589.